The van der Waals surface area contributed by atoms with Crippen molar-refractivity contribution in [1.29, 1.82) is 0 Å². The maximum atomic E-state index is 12.6. The van der Waals surface area contributed by atoms with Gasteiger partial charge in [-0.1, -0.05) is 84.9 Å². The van der Waals surface area contributed by atoms with Gasteiger partial charge in [0.15, 0.2) is 0 Å². The fourth-order valence-electron chi connectivity index (χ4n) is 3.73. The van der Waals surface area contributed by atoms with E-state index in [1.807, 2.05) is 79.7 Å². The molecule has 2 amide bonds. The Morgan fingerprint density at radius 2 is 1.55 bits per heavy atom. The Morgan fingerprint density at radius 1 is 0.935 bits per heavy atom. The highest BCUT2D eigenvalue weighted by molar-refractivity contribution is 6.00. The third-order valence-electron chi connectivity index (χ3n) is 5.55. The van der Waals surface area contributed by atoms with Crippen LogP contribution in [0.1, 0.15) is 24.5 Å². The summed E-state index contributed by atoms with van der Waals surface area (Å²) in [5.41, 5.74) is 7.65. The molecule has 0 saturated carbocycles. The average molecular weight is 412 g/mol. The van der Waals surface area contributed by atoms with Gasteiger partial charge in [0.25, 0.3) is 0 Å². The summed E-state index contributed by atoms with van der Waals surface area (Å²) in [6, 6.07) is 28.0. The molecule has 4 rings (SSSR count). The van der Waals surface area contributed by atoms with Crippen molar-refractivity contribution in [1.82, 2.24) is 10.3 Å². The van der Waals surface area contributed by atoms with E-state index in [0.717, 1.165) is 28.0 Å². The second kappa shape index (κ2) is 9.39. The Kier molecular flexibility index (Phi) is 6.22. The summed E-state index contributed by atoms with van der Waals surface area (Å²) in [5, 5.41) is 4.26. The summed E-state index contributed by atoms with van der Waals surface area (Å²) in [6.07, 6.45) is 0.221. The highest BCUT2D eigenvalue weighted by atomic mass is 16.2. The Balaban J connectivity index is 1.35. The molecule has 1 fully saturated rings. The van der Waals surface area contributed by atoms with Crippen molar-refractivity contribution in [2.24, 2.45) is 11.0 Å². The molecule has 3 aromatic carbocycles. The van der Waals surface area contributed by atoms with Crippen LogP contribution in [0.25, 0.3) is 11.1 Å². The number of carbonyl (C=O) groups is 2. The molecule has 1 aliphatic rings. The number of nitrogens with zero attached hydrogens (tertiary/aromatic N) is 2. The zero-order valence-electron chi connectivity index (χ0n) is 17.5. The second-order valence-corrected chi connectivity index (χ2v) is 7.78. The van der Waals surface area contributed by atoms with Crippen LogP contribution in [0.15, 0.2) is 90.0 Å². The zero-order chi connectivity index (χ0) is 21.6. The number of amides is 2. The van der Waals surface area contributed by atoms with E-state index in [1.165, 1.54) is 0 Å². The van der Waals surface area contributed by atoms with Gasteiger partial charge in [0.2, 0.25) is 11.8 Å². The standard InChI is InChI=1S/C26H25N3O2/c1-19(21-12-14-23(15-13-21)22-10-6-3-7-11-22)27-28-26(31)24-16-25(30)29(18-24)17-20-8-4-2-5-9-20/h2-15,24H,16-18H2,1H3,(H,28,31)/b27-19+. The van der Waals surface area contributed by atoms with E-state index in [1.54, 1.807) is 4.90 Å². The number of nitrogens with one attached hydrogen (secondary N) is 1. The van der Waals surface area contributed by atoms with Crippen LogP contribution in [0.5, 0.6) is 0 Å². The van der Waals surface area contributed by atoms with Gasteiger partial charge in [-0.2, -0.15) is 5.10 Å². The van der Waals surface area contributed by atoms with Gasteiger partial charge >= 0.3 is 0 Å². The number of hydrogen-bond donors (Lipinski definition) is 1. The summed E-state index contributed by atoms with van der Waals surface area (Å²) >= 11 is 0. The van der Waals surface area contributed by atoms with Crippen LogP contribution in [-0.4, -0.2) is 29.0 Å². The van der Waals surface area contributed by atoms with Crippen molar-refractivity contribution in [3.8, 4) is 11.1 Å². The van der Waals surface area contributed by atoms with Gasteiger partial charge in [0.05, 0.1) is 11.6 Å². The van der Waals surface area contributed by atoms with Gasteiger partial charge in [-0.15, -0.1) is 0 Å². The van der Waals surface area contributed by atoms with E-state index < -0.39 is 0 Å². The molecular formula is C26H25N3O2. The maximum Gasteiger partial charge on any atom is 0.245 e. The summed E-state index contributed by atoms with van der Waals surface area (Å²) in [4.78, 5) is 26.6. The minimum Gasteiger partial charge on any atom is -0.338 e. The van der Waals surface area contributed by atoms with Crippen LogP contribution in [0.2, 0.25) is 0 Å². The molecule has 1 atom stereocenters. The van der Waals surface area contributed by atoms with E-state index in [2.05, 4.69) is 22.7 Å². The number of hydrazone groups is 1. The molecule has 0 aliphatic carbocycles. The molecule has 3 aromatic rings. The first kappa shape index (κ1) is 20.5. The summed E-state index contributed by atoms with van der Waals surface area (Å²) in [5.74, 6) is -0.599. The van der Waals surface area contributed by atoms with Crippen LogP contribution >= 0.6 is 0 Å². The number of likely N-dealkylation sites (tertiary alicyclic amines) is 1. The topological polar surface area (TPSA) is 61.8 Å². The Bertz CT molecular complexity index is 1080. The molecule has 1 unspecified atom stereocenters. The summed E-state index contributed by atoms with van der Waals surface area (Å²) in [6.45, 7) is 2.80. The van der Waals surface area contributed by atoms with Crippen molar-refractivity contribution >= 4 is 17.5 Å². The quantitative estimate of drug-likeness (QED) is 0.487. The molecular weight excluding hydrogens is 386 g/mol. The maximum absolute atomic E-state index is 12.6. The molecule has 0 bridgehead atoms. The normalized spacial score (nSPS) is 16.4. The van der Waals surface area contributed by atoms with Gasteiger partial charge < -0.3 is 4.90 Å². The van der Waals surface area contributed by atoms with Crippen molar-refractivity contribution in [2.75, 3.05) is 6.54 Å². The fraction of sp³-hybridized carbons (Fsp3) is 0.192. The van der Waals surface area contributed by atoms with Crippen LogP contribution in [0, 0.1) is 5.92 Å². The summed E-state index contributed by atoms with van der Waals surface area (Å²) in [7, 11) is 0. The van der Waals surface area contributed by atoms with Crippen LogP contribution in [0.4, 0.5) is 0 Å². The Hall–Kier alpha value is -3.73. The highest BCUT2D eigenvalue weighted by Crippen LogP contribution is 2.21. The minimum absolute atomic E-state index is 0.00112. The van der Waals surface area contributed by atoms with E-state index in [0.29, 0.717) is 13.1 Å². The Labute approximate surface area is 182 Å². The Morgan fingerprint density at radius 3 is 2.23 bits per heavy atom. The van der Waals surface area contributed by atoms with Crippen LogP contribution in [-0.2, 0) is 16.1 Å². The van der Waals surface area contributed by atoms with E-state index in [4.69, 9.17) is 0 Å². The smallest absolute Gasteiger partial charge is 0.245 e. The fourth-order valence-corrected chi connectivity index (χ4v) is 3.73. The van der Waals surface area contributed by atoms with Gasteiger partial charge in [-0.05, 0) is 29.2 Å². The number of hydrogen-bond acceptors (Lipinski definition) is 3. The largest absolute Gasteiger partial charge is 0.338 e. The van der Waals surface area contributed by atoms with Crippen molar-refractivity contribution in [3.63, 3.8) is 0 Å². The van der Waals surface area contributed by atoms with E-state index in [-0.39, 0.29) is 24.2 Å². The molecule has 5 nitrogen and oxygen atoms in total. The van der Waals surface area contributed by atoms with Gasteiger partial charge in [-0.3, -0.25) is 9.59 Å². The third kappa shape index (κ3) is 5.07. The predicted octanol–water partition coefficient (Wildman–Crippen LogP) is 4.24. The van der Waals surface area contributed by atoms with Crippen LogP contribution in [0.3, 0.4) is 0 Å². The third-order valence-corrected chi connectivity index (χ3v) is 5.55. The van der Waals surface area contributed by atoms with Crippen molar-refractivity contribution < 1.29 is 9.59 Å². The lowest BCUT2D eigenvalue weighted by Gasteiger charge is -2.16. The molecule has 1 N–H and O–H groups in total. The lowest BCUT2D eigenvalue weighted by Crippen LogP contribution is -2.30. The molecule has 1 heterocycles. The molecule has 1 saturated heterocycles. The molecule has 0 aromatic heterocycles. The van der Waals surface area contributed by atoms with Crippen molar-refractivity contribution in [3.05, 3.63) is 96.1 Å². The lowest BCUT2D eigenvalue weighted by atomic mass is 10.0. The van der Waals surface area contributed by atoms with E-state index >= 15 is 0 Å². The van der Waals surface area contributed by atoms with Gasteiger partial charge in [0.1, 0.15) is 0 Å². The first-order valence-electron chi connectivity index (χ1n) is 10.4. The summed E-state index contributed by atoms with van der Waals surface area (Å²) < 4.78 is 0. The van der Waals surface area contributed by atoms with Gasteiger partial charge in [0, 0.05) is 19.5 Å². The molecule has 0 radical (unpaired) electrons. The highest BCUT2D eigenvalue weighted by Gasteiger charge is 2.34. The number of benzene rings is 3. The SMILES string of the molecule is C/C(=N\NC(=O)C1CC(=O)N(Cc2ccccc2)C1)c1ccc(-c2ccccc2)cc1. The molecule has 0 spiro atoms. The van der Waals surface area contributed by atoms with E-state index in [9.17, 15) is 9.59 Å². The molecule has 31 heavy (non-hydrogen) atoms. The predicted molar refractivity (Wildman–Crippen MR) is 122 cm³/mol. The minimum atomic E-state index is -0.381. The number of carbonyl (C=O) groups excluding carboxylic acids is 2. The molecule has 5 heteroatoms. The first-order valence-corrected chi connectivity index (χ1v) is 10.4. The monoisotopic (exact) mass is 411 g/mol. The molecule has 1 aliphatic heterocycles. The average Bonchev–Trinajstić information content (AvgIpc) is 3.19. The van der Waals surface area contributed by atoms with Gasteiger partial charge in [-0.25, -0.2) is 5.43 Å². The van der Waals surface area contributed by atoms with Crippen LogP contribution < -0.4 is 5.43 Å². The first-order chi connectivity index (χ1) is 15.1. The number of rotatable bonds is 6. The zero-order valence-corrected chi connectivity index (χ0v) is 17.5. The lowest BCUT2D eigenvalue weighted by molar-refractivity contribution is -0.129. The second-order valence-electron chi connectivity index (χ2n) is 7.78. The molecule has 156 valence electrons. The van der Waals surface area contributed by atoms with Crippen molar-refractivity contribution in [2.45, 2.75) is 19.9 Å².